The molecule has 0 radical (unpaired) electrons. The molecule has 4 rings (SSSR count). The fourth-order valence-electron chi connectivity index (χ4n) is 5.82. The summed E-state index contributed by atoms with van der Waals surface area (Å²) >= 11 is 0. The summed E-state index contributed by atoms with van der Waals surface area (Å²) in [6.45, 7) is 2.00. The fraction of sp³-hybridized carbons (Fsp3) is 0.458. The molecule has 0 spiro atoms. The summed E-state index contributed by atoms with van der Waals surface area (Å²) in [5.74, 6) is -6.35. The number of aromatic hydroxyl groups is 1. The van der Waals surface area contributed by atoms with E-state index >= 15 is 0 Å². The van der Waals surface area contributed by atoms with Crippen molar-refractivity contribution in [3.63, 3.8) is 0 Å². The van der Waals surface area contributed by atoms with Crippen LogP contribution in [-0.4, -0.2) is 68.5 Å². The monoisotopic (exact) mass is 456 g/mol. The van der Waals surface area contributed by atoms with E-state index in [9.17, 15) is 34.8 Å². The third kappa shape index (κ3) is 3.02. The summed E-state index contributed by atoms with van der Waals surface area (Å²) in [5.41, 5.74) is 3.43. The number of hydrogen-bond acceptors (Lipinski definition) is 8. The van der Waals surface area contributed by atoms with Crippen LogP contribution in [0.4, 0.5) is 0 Å². The van der Waals surface area contributed by atoms with Crippen LogP contribution in [0.1, 0.15) is 41.3 Å². The van der Waals surface area contributed by atoms with E-state index in [-0.39, 0.29) is 23.3 Å². The number of Topliss-reactive ketones (excluding diaryl/α,β-unsaturated/α-hetero) is 2. The minimum absolute atomic E-state index is 0.0572. The fourth-order valence-corrected chi connectivity index (χ4v) is 5.82. The molecule has 4 atom stereocenters. The average molecular weight is 456 g/mol. The first-order chi connectivity index (χ1) is 15.5. The van der Waals surface area contributed by atoms with Crippen molar-refractivity contribution >= 4 is 17.5 Å². The number of aliphatic hydroxyl groups is 3. The van der Waals surface area contributed by atoms with E-state index in [4.69, 9.17) is 5.73 Å². The summed E-state index contributed by atoms with van der Waals surface area (Å²) in [7, 11) is 3.20. The van der Waals surface area contributed by atoms with Crippen LogP contribution in [0.5, 0.6) is 5.75 Å². The molecule has 0 saturated heterocycles. The maximum Gasteiger partial charge on any atom is 0.255 e. The molecule has 6 N–H and O–H groups in total. The third-order valence-corrected chi connectivity index (χ3v) is 7.22. The number of allylic oxidation sites excluding steroid dienone is 1. The van der Waals surface area contributed by atoms with Gasteiger partial charge >= 0.3 is 0 Å². The normalized spacial score (nSPS) is 29.2. The second kappa shape index (κ2) is 7.71. The zero-order valence-corrected chi connectivity index (χ0v) is 18.8. The van der Waals surface area contributed by atoms with Gasteiger partial charge in [-0.1, -0.05) is 19.4 Å². The van der Waals surface area contributed by atoms with Crippen LogP contribution >= 0.6 is 0 Å². The molecule has 1 amide bonds. The molecule has 0 heterocycles. The number of primary amides is 1. The van der Waals surface area contributed by atoms with Crippen molar-refractivity contribution in [3.05, 3.63) is 51.5 Å². The molecule has 0 bridgehead atoms. The molecule has 3 aliphatic rings. The van der Waals surface area contributed by atoms with E-state index in [2.05, 4.69) is 0 Å². The zero-order chi connectivity index (χ0) is 24.4. The molecule has 9 nitrogen and oxygen atoms in total. The van der Waals surface area contributed by atoms with Gasteiger partial charge in [0.2, 0.25) is 5.78 Å². The predicted octanol–water partition coefficient (Wildman–Crippen LogP) is 1.07. The molecule has 0 aliphatic heterocycles. The van der Waals surface area contributed by atoms with E-state index in [1.54, 1.807) is 20.2 Å². The van der Waals surface area contributed by atoms with Crippen LogP contribution in [-0.2, 0) is 22.4 Å². The van der Waals surface area contributed by atoms with Gasteiger partial charge in [0.15, 0.2) is 11.4 Å². The second-order valence-corrected chi connectivity index (χ2v) is 9.31. The Bertz CT molecular complexity index is 1150. The molecule has 3 aliphatic carbocycles. The lowest BCUT2D eigenvalue weighted by Crippen LogP contribution is -2.63. The lowest BCUT2D eigenvalue weighted by molar-refractivity contribution is -0.148. The Labute approximate surface area is 190 Å². The number of hydrogen-bond donors (Lipinski definition) is 5. The first-order valence-electron chi connectivity index (χ1n) is 10.9. The average Bonchev–Trinajstić information content (AvgIpc) is 2.72. The molecule has 9 heteroatoms. The molecule has 1 aromatic rings. The number of benzene rings is 1. The Morgan fingerprint density at radius 3 is 2.45 bits per heavy atom. The number of fused-ring (bicyclic) bond motifs is 3. The molecule has 1 aromatic carbocycles. The van der Waals surface area contributed by atoms with Gasteiger partial charge in [0.25, 0.3) is 5.91 Å². The maximum absolute atomic E-state index is 13.5. The summed E-state index contributed by atoms with van der Waals surface area (Å²) in [6, 6.07) is 2.22. The zero-order valence-electron chi connectivity index (χ0n) is 18.8. The van der Waals surface area contributed by atoms with E-state index in [1.165, 1.54) is 11.0 Å². The van der Waals surface area contributed by atoms with Crippen LogP contribution in [0.3, 0.4) is 0 Å². The van der Waals surface area contributed by atoms with Crippen LogP contribution in [0, 0.1) is 11.8 Å². The number of aliphatic hydroxyl groups excluding tert-OH is 2. The number of rotatable bonds is 4. The second-order valence-electron chi connectivity index (χ2n) is 9.31. The van der Waals surface area contributed by atoms with Crippen LogP contribution < -0.4 is 5.73 Å². The van der Waals surface area contributed by atoms with Crippen LogP contribution in [0.15, 0.2) is 34.8 Å². The van der Waals surface area contributed by atoms with E-state index in [0.717, 1.165) is 12.0 Å². The van der Waals surface area contributed by atoms with Crippen LogP contribution in [0.2, 0.25) is 0 Å². The first kappa shape index (κ1) is 23.0. The molecule has 176 valence electrons. The Morgan fingerprint density at radius 2 is 1.88 bits per heavy atom. The van der Waals surface area contributed by atoms with Gasteiger partial charge in [-0.25, -0.2) is 0 Å². The molecule has 33 heavy (non-hydrogen) atoms. The highest BCUT2D eigenvalue weighted by Gasteiger charge is 2.63. The van der Waals surface area contributed by atoms with Gasteiger partial charge in [-0.05, 0) is 56.5 Å². The summed E-state index contributed by atoms with van der Waals surface area (Å²) < 4.78 is 0. The number of phenols is 1. The molecule has 0 fully saturated rings. The van der Waals surface area contributed by atoms with Gasteiger partial charge in [0.05, 0.1) is 11.6 Å². The quantitative estimate of drug-likeness (QED) is 0.420. The number of amides is 1. The standard InChI is InChI=1S/C24H28N2O7/c1-4-5-10-6-7-14(27)16-12(10)8-11-9-13-18(26(2)3)20(29)17(23(25)32)22(31)24(13,33)21(30)15(11)19(16)28/h6-7,11,13,18,27,29-30,33H,4-5,8-9H2,1-3H3,(H2,25,32)/t11-,13-,18+,24+/m1/s1. The SMILES string of the molecule is CCCc1ccc(O)c2c1C[C@@H]1C[C@@H]3[C@H](N(C)C)C(O)=C(C(N)=O)C(=O)[C@@]3(O)C(O)=C1C2=O. The van der Waals surface area contributed by atoms with E-state index in [0.29, 0.717) is 18.4 Å². The highest BCUT2D eigenvalue weighted by Crippen LogP contribution is 2.52. The van der Waals surface area contributed by atoms with Crippen molar-refractivity contribution in [2.24, 2.45) is 17.6 Å². The summed E-state index contributed by atoms with van der Waals surface area (Å²) in [4.78, 5) is 40.2. The topological polar surface area (TPSA) is 161 Å². The van der Waals surface area contributed by atoms with Gasteiger partial charge < -0.3 is 26.2 Å². The van der Waals surface area contributed by atoms with Crippen LogP contribution in [0.25, 0.3) is 0 Å². The van der Waals surface area contributed by atoms with Gasteiger partial charge in [0, 0.05) is 11.5 Å². The van der Waals surface area contributed by atoms with Crippen molar-refractivity contribution in [1.29, 1.82) is 0 Å². The largest absolute Gasteiger partial charge is 0.510 e. The number of nitrogens with zero attached hydrogens (tertiary/aromatic N) is 1. The molecule has 0 aromatic heterocycles. The van der Waals surface area contributed by atoms with Gasteiger partial charge in [-0.2, -0.15) is 0 Å². The Balaban J connectivity index is 1.96. The lowest BCUT2D eigenvalue weighted by atomic mass is 9.58. The minimum Gasteiger partial charge on any atom is -0.510 e. The number of likely N-dealkylation sites (N-methyl/N-ethyl adjacent to an activating group) is 1. The number of phenolic OH excluding ortho intramolecular Hbond substituents is 1. The smallest absolute Gasteiger partial charge is 0.255 e. The van der Waals surface area contributed by atoms with Crippen molar-refractivity contribution < 1.29 is 34.8 Å². The number of ketones is 2. The number of nitrogens with two attached hydrogens (primary N) is 1. The van der Waals surface area contributed by atoms with Gasteiger partial charge in [-0.3, -0.25) is 19.3 Å². The number of carbonyl (C=O) groups excluding carboxylic acids is 3. The minimum atomic E-state index is -2.61. The first-order valence-corrected chi connectivity index (χ1v) is 10.9. The Morgan fingerprint density at radius 1 is 1.21 bits per heavy atom. The third-order valence-electron chi connectivity index (χ3n) is 7.22. The highest BCUT2D eigenvalue weighted by atomic mass is 16.3. The maximum atomic E-state index is 13.5. The summed E-state index contributed by atoms with van der Waals surface area (Å²) in [5, 5.41) is 43.9. The van der Waals surface area contributed by atoms with Crippen molar-refractivity contribution in [1.82, 2.24) is 4.90 Å². The molecule has 0 unspecified atom stereocenters. The van der Waals surface area contributed by atoms with Crippen molar-refractivity contribution in [2.75, 3.05) is 14.1 Å². The number of carbonyl (C=O) groups is 3. The summed E-state index contributed by atoms with van der Waals surface area (Å²) in [6.07, 6.45) is 1.94. The lowest BCUT2D eigenvalue weighted by Gasteiger charge is -2.50. The van der Waals surface area contributed by atoms with E-state index in [1.807, 2.05) is 6.92 Å². The molecular formula is C24H28N2O7. The Kier molecular flexibility index (Phi) is 5.37. The van der Waals surface area contributed by atoms with Crippen molar-refractivity contribution in [2.45, 2.75) is 44.2 Å². The number of aryl methyl sites for hydroxylation is 1. The van der Waals surface area contributed by atoms with E-state index < -0.39 is 58.0 Å². The molecular weight excluding hydrogens is 428 g/mol. The Hall–Kier alpha value is -3.17. The van der Waals surface area contributed by atoms with Gasteiger partial charge in [-0.15, -0.1) is 0 Å². The molecule has 0 saturated carbocycles. The highest BCUT2D eigenvalue weighted by molar-refractivity contribution is 6.24. The predicted molar refractivity (Wildman–Crippen MR) is 118 cm³/mol. The van der Waals surface area contributed by atoms with Gasteiger partial charge in [0.1, 0.15) is 22.8 Å². The van der Waals surface area contributed by atoms with Crippen molar-refractivity contribution in [3.8, 4) is 5.75 Å².